The van der Waals surface area contributed by atoms with E-state index in [0.717, 1.165) is 16.9 Å². The second-order valence-electron chi connectivity index (χ2n) is 6.66. The van der Waals surface area contributed by atoms with Crippen LogP contribution in [0.5, 0.6) is 5.75 Å². The van der Waals surface area contributed by atoms with E-state index in [0.29, 0.717) is 24.4 Å². The predicted octanol–water partition coefficient (Wildman–Crippen LogP) is 4.76. The summed E-state index contributed by atoms with van der Waals surface area (Å²) in [6.45, 7) is 1.12. The maximum atomic E-state index is 12.5. The highest BCUT2D eigenvalue weighted by Gasteiger charge is 2.08. The quantitative estimate of drug-likeness (QED) is 0.500. The van der Waals surface area contributed by atoms with Gasteiger partial charge in [0.25, 0.3) is 5.91 Å². The SMILES string of the molecule is O=C(Nc1cnn(Cc2ccccc2)c1)c1ccc(COc2ccccc2)cc1. The number of anilines is 1. The van der Waals surface area contributed by atoms with Crippen LogP contribution in [0, 0.1) is 0 Å². The van der Waals surface area contributed by atoms with Gasteiger partial charge in [0.15, 0.2) is 0 Å². The highest BCUT2D eigenvalue weighted by Crippen LogP contribution is 2.14. The Morgan fingerprint density at radius 2 is 1.55 bits per heavy atom. The van der Waals surface area contributed by atoms with E-state index in [1.54, 1.807) is 23.0 Å². The fourth-order valence-corrected chi connectivity index (χ4v) is 2.92. The van der Waals surface area contributed by atoms with Crippen LogP contribution in [0.3, 0.4) is 0 Å². The molecule has 1 aromatic heterocycles. The van der Waals surface area contributed by atoms with Crippen molar-refractivity contribution in [1.82, 2.24) is 9.78 Å². The zero-order valence-electron chi connectivity index (χ0n) is 15.9. The number of rotatable bonds is 7. The molecule has 0 aliphatic rings. The van der Waals surface area contributed by atoms with Gasteiger partial charge in [-0.05, 0) is 35.4 Å². The van der Waals surface area contributed by atoms with E-state index in [-0.39, 0.29) is 5.91 Å². The molecule has 0 radical (unpaired) electrons. The van der Waals surface area contributed by atoms with E-state index in [1.807, 2.05) is 79.0 Å². The fourth-order valence-electron chi connectivity index (χ4n) is 2.92. The average molecular weight is 383 g/mol. The lowest BCUT2D eigenvalue weighted by Crippen LogP contribution is -2.11. The maximum Gasteiger partial charge on any atom is 0.255 e. The number of nitrogens with zero attached hydrogens (tertiary/aromatic N) is 2. The second kappa shape index (κ2) is 8.89. The summed E-state index contributed by atoms with van der Waals surface area (Å²) in [5.41, 5.74) is 3.41. The molecule has 4 aromatic rings. The van der Waals surface area contributed by atoms with Gasteiger partial charge < -0.3 is 10.1 Å². The molecule has 0 saturated heterocycles. The van der Waals surface area contributed by atoms with Crippen molar-refractivity contribution in [1.29, 1.82) is 0 Å². The van der Waals surface area contributed by atoms with Crippen molar-refractivity contribution in [2.45, 2.75) is 13.2 Å². The van der Waals surface area contributed by atoms with E-state index in [1.165, 1.54) is 0 Å². The molecule has 0 fully saturated rings. The van der Waals surface area contributed by atoms with Gasteiger partial charge >= 0.3 is 0 Å². The van der Waals surface area contributed by atoms with E-state index in [2.05, 4.69) is 10.4 Å². The predicted molar refractivity (Wildman–Crippen MR) is 113 cm³/mol. The number of aromatic nitrogens is 2. The standard InChI is InChI=1S/C24H21N3O2/c28-24(26-22-15-25-27(17-22)16-19-7-3-1-4-8-19)21-13-11-20(12-14-21)18-29-23-9-5-2-6-10-23/h1-15,17H,16,18H2,(H,26,28). The highest BCUT2D eigenvalue weighted by molar-refractivity contribution is 6.04. The number of benzene rings is 3. The molecule has 4 rings (SSSR count). The minimum absolute atomic E-state index is 0.167. The Kier molecular flexibility index (Phi) is 5.67. The van der Waals surface area contributed by atoms with E-state index < -0.39 is 0 Å². The first-order valence-corrected chi connectivity index (χ1v) is 9.41. The first kappa shape index (κ1) is 18.5. The molecular formula is C24H21N3O2. The number of amides is 1. The molecule has 0 spiro atoms. The van der Waals surface area contributed by atoms with Crippen LogP contribution in [0.2, 0.25) is 0 Å². The largest absolute Gasteiger partial charge is 0.489 e. The van der Waals surface area contributed by atoms with Crippen LogP contribution in [0.15, 0.2) is 97.3 Å². The number of carbonyl (C=O) groups excluding carboxylic acids is 1. The average Bonchev–Trinajstić information content (AvgIpc) is 3.20. The summed E-state index contributed by atoms with van der Waals surface area (Å²) >= 11 is 0. The first-order valence-electron chi connectivity index (χ1n) is 9.41. The van der Waals surface area contributed by atoms with Gasteiger partial charge in [0.1, 0.15) is 12.4 Å². The third kappa shape index (κ3) is 5.11. The molecule has 0 aliphatic carbocycles. The van der Waals surface area contributed by atoms with Crippen molar-refractivity contribution in [2.75, 3.05) is 5.32 Å². The van der Waals surface area contributed by atoms with Crippen LogP contribution in [-0.2, 0) is 13.2 Å². The van der Waals surface area contributed by atoms with E-state index in [9.17, 15) is 4.79 Å². The molecule has 5 heteroatoms. The van der Waals surface area contributed by atoms with Crippen LogP contribution in [0.4, 0.5) is 5.69 Å². The molecule has 1 heterocycles. The number of hydrogen-bond acceptors (Lipinski definition) is 3. The highest BCUT2D eigenvalue weighted by atomic mass is 16.5. The summed E-state index contributed by atoms with van der Waals surface area (Å²) in [5.74, 6) is 0.654. The first-order chi connectivity index (χ1) is 14.3. The molecular weight excluding hydrogens is 362 g/mol. The molecule has 5 nitrogen and oxygen atoms in total. The Labute approximate surface area is 169 Å². The van der Waals surface area contributed by atoms with Crippen molar-refractivity contribution in [3.8, 4) is 5.75 Å². The van der Waals surface area contributed by atoms with Crippen LogP contribution in [-0.4, -0.2) is 15.7 Å². The van der Waals surface area contributed by atoms with Crippen LogP contribution < -0.4 is 10.1 Å². The summed E-state index contributed by atoms with van der Waals surface area (Å²) < 4.78 is 7.53. The van der Waals surface area contributed by atoms with Gasteiger partial charge in [-0.2, -0.15) is 5.10 Å². The van der Waals surface area contributed by atoms with Gasteiger partial charge in [-0.3, -0.25) is 9.48 Å². The Bertz CT molecular complexity index is 1060. The van der Waals surface area contributed by atoms with Crippen molar-refractivity contribution < 1.29 is 9.53 Å². The van der Waals surface area contributed by atoms with Crippen LogP contribution in [0.25, 0.3) is 0 Å². The number of para-hydroxylation sites is 1. The van der Waals surface area contributed by atoms with Gasteiger partial charge in [-0.15, -0.1) is 0 Å². The minimum Gasteiger partial charge on any atom is -0.489 e. The molecule has 0 atom stereocenters. The number of carbonyl (C=O) groups is 1. The van der Waals surface area contributed by atoms with E-state index in [4.69, 9.17) is 4.74 Å². The van der Waals surface area contributed by atoms with Crippen molar-refractivity contribution in [2.24, 2.45) is 0 Å². The molecule has 0 unspecified atom stereocenters. The van der Waals surface area contributed by atoms with Gasteiger partial charge in [0, 0.05) is 11.8 Å². The Balaban J connectivity index is 1.33. The Morgan fingerprint density at radius 1 is 0.862 bits per heavy atom. The molecule has 1 N–H and O–H groups in total. The summed E-state index contributed by atoms with van der Waals surface area (Å²) in [6, 6.07) is 27.1. The molecule has 0 saturated carbocycles. The summed E-state index contributed by atoms with van der Waals surface area (Å²) in [6.07, 6.45) is 3.48. The molecule has 0 aliphatic heterocycles. The van der Waals surface area contributed by atoms with Gasteiger partial charge in [0.05, 0.1) is 18.4 Å². The summed E-state index contributed by atoms with van der Waals surface area (Å²) in [7, 11) is 0. The monoisotopic (exact) mass is 383 g/mol. The van der Waals surface area contributed by atoms with Gasteiger partial charge in [0.2, 0.25) is 0 Å². The second-order valence-corrected chi connectivity index (χ2v) is 6.66. The lowest BCUT2D eigenvalue weighted by atomic mass is 10.1. The number of ether oxygens (including phenoxy) is 1. The van der Waals surface area contributed by atoms with Gasteiger partial charge in [-0.1, -0.05) is 60.7 Å². The lowest BCUT2D eigenvalue weighted by molar-refractivity contribution is 0.102. The van der Waals surface area contributed by atoms with Crippen molar-refractivity contribution in [3.63, 3.8) is 0 Å². The smallest absolute Gasteiger partial charge is 0.255 e. The Morgan fingerprint density at radius 3 is 2.28 bits per heavy atom. The van der Waals surface area contributed by atoms with E-state index >= 15 is 0 Å². The lowest BCUT2D eigenvalue weighted by Gasteiger charge is -2.07. The number of nitrogens with one attached hydrogen (secondary N) is 1. The normalized spacial score (nSPS) is 10.5. The zero-order valence-corrected chi connectivity index (χ0v) is 15.9. The van der Waals surface area contributed by atoms with Crippen molar-refractivity contribution >= 4 is 11.6 Å². The topological polar surface area (TPSA) is 56.2 Å². The summed E-state index contributed by atoms with van der Waals surface area (Å²) in [4.78, 5) is 12.5. The van der Waals surface area contributed by atoms with Crippen LogP contribution in [0.1, 0.15) is 21.5 Å². The third-order valence-corrected chi connectivity index (χ3v) is 4.44. The fraction of sp³-hybridized carbons (Fsp3) is 0.0833. The maximum absolute atomic E-state index is 12.5. The van der Waals surface area contributed by atoms with Crippen molar-refractivity contribution in [3.05, 3.63) is 114 Å². The molecule has 29 heavy (non-hydrogen) atoms. The third-order valence-electron chi connectivity index (χ3n) is 4.44. The molecule has 144 valence electrons. The van der Waals surface area contributed by atoms with Gasteiger partial charge in [-0.25, -0.2) is 0 Å². The molecule has 3 aromatic carbocycles. The summed E-state index contributed by atoms with van der Waals surface area (Å²) in [5, 5.41) is 7.20. The Hall–Kier alpha value is -3.86. The minimum atomic E-state index is -0.167. The number of hydrogen-bond donors (Lipinski definition) is 1. The molecule has 1 amide bonds. The van der Waals surface area contributed by atoms with Crippen LogP contribution >= 0.6 is 0 Å². The molecule has 0 bridgehead atoms. The zero-order chi connectivity index (χ0) is 19.9.